The van der Waals surface area contributed by atoms with Gasteiger partial charge >= 0.3 is 7.98 Å². The fourth-order valence-electron chi connectivity index (χ4n) is 4.00. The molecule has 2 radical (unpaired) electrons. The predicted octanol–water partition coefficient (Wildman–Crippen LogP) is 2.29. The van der Waals surface area contributed by atoms with E-state index in [4.69, 9.17) is 31.8 Å². The molecular weight excluding hydrogens is 375 g/mol. The van der Waals surface area contributed by atoms with E-state index in [0.29, 0.717) is 32.8 Å². The van der Waals surface area contributed by atoms with Gasteiger partial charge in [0.2, 0.25) is 0 Å². The first-order chi connectivity index (χ1) is 11.9. The van der Waals surface area contributed by atoms with Crippen molar-refractivity contribution in [1.82, 2.24) is 10.3 Å². The van der Waals surface area contributed by atoms with E-state index >= 15 is 0 Å². The van der Waals surface area contributed by atoms with Gasteiger partial charge < -0.3 is 20.1 Å². The number of para-hydroxylation sites is 1. The molecule has 1 aromatic heterocycles. The van der Waals surface area contributed by atoms with Gasteiger partial charge in [0.1, 0.15) is 11.1 Å². The van der Waals surface area contributed by atoms with Crippen molar-refractivity contribution in [3.05, 3.63) is 23.2 Å². The molecule has 3 saturated heterocycles. The number of aromatic nitrogens is 1. The number of thiazole rings is 1. The van der Waals surface area contributed by atoms with Crippen molar-refractivity contribution in [2.75, 3.05) is 31.5 Å². The van der Waals surface area contributed by atoms with Crippen LogP contribution in [0.3, 0.4) is 0 Å². The molecule has 0 aliphatic carbocycles. The molecule has 1 aromatic carbocycles. The first-order valence-electron chi connectivity index (χ1n) is 8.34. The van der Waals surface area contributed by atoms with Crippen LogP contribution in [0, 0.1) is 5.92 Å². The van der Waals surface area contributed by atoms with Gasteiger partial charge in [0.25, 0.3) is 0 Å². The highest BCUT2D eigenvalue weighted by Crippen LogP contribution is 2.38. The lowest BCUT2D eigenvalue weighted by molar-refractivity contribution is -0.846. The van der Waals surface area contributed by atoms with Crippen molar-refractivity contribution >= 4 is 63.6 Å². The van der Waals surface area contributed by atoms with Gasteiger partial charge in [-0.05, 0) is 24.4 Å². The second-order valence-electron chi connectivity index (χ2n) is 7.11. The standard InChI is InChI=1S/C16H19BClN4OS2/c17-22-6-4-10(5-7-22)16(23,9-22)8-19-14(24)21-15-20-13-11(18)2-1-3-12(13)25-15/h1-3,10,23H,4-9H2,(H2,19,20,21,24)/q+1. The molecule has 3 N–H and O–H groups in total. The summed E-state index contributed by atoms with van der Waals surface area (Å²) < 4.78 is 1.47. The van der Waals surface area contributed by atoms with Crippen LogP contribution < -0.4 is 10.6 Å². The molecule has 5 rings (SSSR count). The summed E-state index contributed by atoms with van der Waals surface area (Å²) in [6, 6.07) is 5.69. The normalized spacial score (nSPS) is 31.2. The molecule has 0 amide bonds. The second-order valence-corrected chi connectivity index (χ2v) is 8.96. The number of aliphatic hydroxyl groups is 1. The molecule has 2 aromatic rings. The molecule has 2 bridgehead atoms. The Balaban J connectivity index is 1.40. The smallest absolute Gasteiger partial charge is 0.394 e. The molecule has 4 heterocycles. The summed E-state index contributed by atoms with van der Waals surface area (Å²) in [6.45, 7) is 2.86. The number of benzene rings is 1. The number of anilines is 1. The summed E-state index contributed by atoms with van der Waals surface area (Å²) in [5, 5.41) is 19.0. The van der Waals surface area contributed by atoms with E-state index in [9.17, 15) is 5.11 Å². The van der Waals surface area contributed by atoms with E-state index in [1.807, 2.05) is 18.2 Å². The van der Waals surface area contributed by atoms with Crippen LogP contribution in [-0.4, -0.2) is 59.4 Å². The maximum Gasteiger partial charge on any atom is 0.481 e. The van der Waals surface area contributed by atoms with Crippen molar-refractivity contribution in [2.45, 2.75) is 18.4 Å². The highest BCUT2D eigenvalue weighted by molar-refractivity contribution is 7.80. The average Bonchev–Trinajstić information content (AvgIpc) is 2.97. The predicted molar refractivity (Wildman–Crippen MR) is 107 cm³/mol. The molecule has 0 saturated carbocycles. The number of thiocarbonyl (C=S) groups is 1. The van der Waals surface area contributed by atoms with Crippen LogP contribution in [0.2, 0.25) is 5.02 Å². The third-order valence-electron chi connectivity index (χ3n) is 5.34. The number of piperidine rings is 3. The highest BCUT2D eigenvalue weighted by atomic mass is 35.5. The minimum atomic E-state index is -0.812. The van der Waals surface area contributed by atoms with Gasteiger partial charge in [-0.25, -0.2) is 4.98 Å². The Morgan fingerprint density at radius 3 is 2.92 bits per heavy atom. The lowest BCUT2D eigenvalue weighted by atomic mass is 9.72. The van der Waals surface area contributed by atoms with Crippen molar-refractivity contribution in [3.63, 3.8) is 0 Å². The van der Waals surface area contributed by atoms with Gasteiger partial charge in [-0.3, -0.25) is 0 Å². The molecule has 25 heavy (non-hydrogen) atoms. The SMILES string of the molecule is [B][N+]12CCC(CC1)C(O)(CNC(=S)Nc1nc3c(Cl)cccc3s1)C2. The molecule has 1 atom stereocenters. The minimum absolute atomic E-state index is 0.285. The largest absolute Gasteiger partial charge is 0.481 e. The summed E-state index contributed by atoms with van der Waals surface area (Å²) in [5.74, 6) is 0.285. The van der Waals surface area contributed by atoms with E-state index in [1.165, 1.54) is 11.3 Å². The molecule has 3 aliphatic heterocycles. The lowest BCUT2D eigenvalue weighted by Crippen LogP contribution is -2.70. The maximum atomic E-state index is 11.0. The van der Waals surface area contributed by atoms with Gasteiger partial charge in [-0.15, -0.1) is 0 Å². The Morgan fingerprint density at radius 2 is 2.24 bits per heavy atom. The topological polar surface area (TPSA) is 57.2 Å². The fraction of sp³-hybridized carbons (Fsp3) is 0.500. The molecule has 5 nitrogen and oxygen atoms in total. The zero-order chi connectivity index (χ0) is 17.7. The van der Waals surface area contributed by atoms with Crippen LogP contribution in [0.25, 0.3) is 10.2 Å². The van der Waals surface area contributed by atoms with Gasteiger partial charge in [-0.1, -0.05) is 29.0 Å². The highest BCUT2D eigenvalue weighted by Gasteiger charge is 2.52. The first kappa shape index (κ1) is 17.5. The van der Waals surface area contributed by atoms with Crippen LogP contribution in [0.15, 0.2) is 18.2 Å². The maximum absolute atomic E-state index is 11.0. The van der Waals surface area contributed by atoms with Gasteiger partial charge in [0.15, 0.2) is 10.2 Å². The summed E-state index contributed by atoms with van der Waals surface area (Å²) in [5.41, 5.74) is -0.0430. The van der Waals surface area contributed by atoms with Crippen molar-refractivity contribution in [2.24, 2.45) is 5.92 Å². The summed E-state index contributed by atoms with van der Waals surface area (Å²) in [7, 11) is 6.34. The Hall–Kier alpha value is -0.925. The van der Waals surface area contributed by atoms with Crippen LogP contribution in [-0.2, 0) is 0 Å². The second kappa shape index (κ2) is 6.35. The molecule has 130 valence electrons. The van der Waals surface area contributed by atoms with Crippen LogP contribution in [0.5, 0.6) is 0 Å². The monoisotopic (exact) mass is 393 g/mol. The summed E-state index contributed by atoms with van der Waals surface area (Å²) >= 11 is 13.0. The number of hydrogen-bond donors (Lipinski definition) is 3. The van der Waals surface area contributed by atoms with E-state index in [0.717, 1.165) is 36.1 Å². The molecule has 9 heteroatoms. The molecule has 0 spiro atoms. The Labute approximate surface area is 162 Å². The zero-order valence-electron chi connectivity index (χ0n) is 13.7. The molecule has 1 unspecified atom stereocenters. The molecule has 3 aliphatic rings. The van der Waals surface area contributed by atoms with Gasteiger partial charge in [0, 0.05) is 18.8 Å². The lowest BCUT2D eigenvalue weighted by Gasteiger charge is -2.55. The van der Waals surface area contributed by atoms with Gasteiger partial charge in [0.05, 0.1) is 35.9 Å². The molecule has 3 fully saturated rings. The summed E-state index contributed by atoms with van der Waals surface area (Å²) in [6.07, 6.45) is 1.93. The Morgan fingerprint density at radius 1 is 1.48 bits per heavy atom. The third kappa shape index (κ3) is 3.38. The quantitative estimate of drug-likeness (QED) is 0.552. The zero-order valence-corrected chi connectivity index (χ0v) is 16.1. The van der Waals surface area contributed by atoms with E-state index in [2.05, 4.69) is 15.6 Å². The van der Waals surface area contributed by atoms with Crippen molar-refractivity contribution in [1.29, 1.82) is 0 Å². The van der Waals surface area contributed by atoms with Crippen LogP contribution in [0.1, 0.15) is 12.8 Å². The number of nitrogens with one attached hydrogen (secondary N) is 2. The Kier molecular flexibility index (Phi) is 4.44. The third-order valence-corrected chi connectivity index (χ3v) is 6.83. The first-order valence-corrected chi connectivity index (χ1v) is 9.94. The fourth-order valence-corrected chi connectivity index (χ4v) is 5.40. The number of halogens is 1. The minimum Gasteiger partial charge on any atom is -0.394 e. The van der Waals surface area contributed by atoms with E-state index < -0.39 is 5.60 Å². The van der Waals surface area contributed by atoms with Crippen molar-refractivity contribution < 1.29 is 9.50 Å². The molecular formula is C16H19BClN4OS2+. The Bertz CT molecular complexity index is 824. The number of hydrogen-bond acceptors (Lipinski definition) is 4. The average molecular weight is 394 g/mol. The van der Waals surface area contributed by atoms with E-state index in [-0.39, 0.29) is 5.92 Å². The van der Waals surface area contributed by atoms with Crippen molar-refractivity contribution in [3.8, 4) is 0 Å². The number of rotatable bonds is 3. The number of nitrogens with zero attached hydrogens (tertiary/aromatic N) is 2. The van der Waals surface area contributed by atoms with Crippen LogP contribution >= 0.6 is 35.2 Å². The number of fused-ring (bicyclic) bond motifs is 4. The summed E-state index contributed by atoms with van der Waals surface area (Å²) in [4.78, 5) is 4.48. The van der Waals surface area contributed by atoms with Gasteiger partial charge in [-0.2, -0.15) is 0 Å². The van der Waals surface area contributed by atoms with E-state index in [1.54, 1.807) is 0 Å². The van der Waals surface area contributed by atoms with Crippen LogP contribution in [0.4, 0.5) is 5.13 Å². The number of quaternary nitrogens is 1.